The second kappa shape index (κ2) is 7.07. The molecule has 0 aromatic heterocycles. The van der Waals surface area contributed by atoms with E-state index in [1.807, 2.05) is 12.1 Å². The van der Waals surface area contributed by atoms with E-state index in [0.717, 1.165) is 25.2 Å². The van der Waals surface area contributed by atoms with Crippen molar-refractivity contribution in [2.75, 3.05) is 32.5 Å². The van der Waals surface area contributed by atoms with Gasteiger partial charge in [-0.3, -0.25) is 4.90 Å². The van der Waals surface area contributed by atoms with Crippen molar-refractivity contribution in [2.45, 2.75) is 13.5 Å². The number of nitrogens with zero attached hydrogens (tertiary/aromatic N) is 1. The van der Waals surface area contributed by atoms with Gasteiger partial charge in [0.25, 0.3) is 0 Å². The molecular formula is C12H18Cl2N2O. The quantitative estimate of drug-likeness (QED) is 0.812. The maximum absolute atomic E-state index is 6.00. The third-order valence-corrected chi connectivity index (χ3v) is 3.23. The van der Waals surface area contributed by atoms with Crippen LogP contribution in [-0.2, 0) is 11.3 Å². The van der Waals surface area contributed by atoms with E-state index in [4.69, 9.17) is 33.7 Å². The number of hydrogen-bond acceptors (Lipinski definition) is 3. The van der Waals surface area contributed by atoms with E-state index in [1.165, 1.54) is 0 Å². The number of ether oxygens (including phenoxy) is 1. The van der Waals surface area contributed by atoms with E-state index in [-0.39, 0.29) is 0 Å². The number of halogens is 2. The third-order valence-electron chi connectivity index (χ3n) is 2.60. The summed E-state index contributed by atoms with van der Waals surface area (Å²) in [5.74, 6) is 0. The molecular weight excluding hydrogens is 259 g/mol. The summed E-state index contributed by atoms with van der Waals surface area (Å²) in [5.41, 5.74) is 7.20. The monoisotopic (exact) mass is 276 g/mol. The van der Waals surface area contributed by atoms with Crippen molar-refractivity contribution in [2.24, 2.45) is 0 Å². The molecule has 2 N–H and O–H groups in total. The van der Waals surface area contributed by atoms with Gasteiger partial charge in [-0.1, -0.05) is 30.1 Å². The predicted octanol–water partition coefficient (Wildman–Crippen LogP) is 3.04. The van der Waals surface area contributed by atoms with Gasteiger partial charge in [-0.25, -0.2) is 0 Å². The molecule has 1 aromatic rings. The van der Waals surface area contributed by atoms with Crippen molar-refractivity contribution in [3.05, 3.63) is 27.7 Å². The number of rotatable bonds is 6. The Labute approximate surface area is 112 Å². The Morgan fingerprint density at radius 2 is 1.88 bits per heavy atom. The maximum atomic E-state index is 6.00. The van der Waals surface area contributed by atoms with Crippen molar-refractivity contribution >= 4 is 28.9 Å². The summed E-state index contributed by atoms with van der Waals surface area (Å²) in [6.45, 7) is 5.44. The van der Waals surface area contributed by atoms with Crippen molar-refractivity contribution in [3.63, 3.8) is 0 Å². The van der Waals surface area contributed by atoms with Crippen LogP contribution in [-0.4, -0.2) is 31.7 Å². The molecule has 0 saturated heterocycles. The molecule has 0 fully saturated rings. The molecule has 0 bridgehead atoms. The Kier molecular flexibility index (Phi) is 6.06. The first-order chi connectivity index (χ1) is 8.08. The largest absolute Gasteiger partial charge is 0.396 e. The van der Waals surface area contributed by atoms with Crippen LogP contribution in [0.4, 0.5) is 5.69 Å². The summed E-state index contributed by atoms with van der Waals surface area (Å²) in [7, 11) is 1.70. The summed E-state index contributed by atoms with van der Waals surface area (Å²) in [6.07, 6.45) is 0. The minimum Gasteiger partial charge on any atom is -0.396 e. The van der Waals surface area contributed by atoms with Crippen molar-refractivity contribution in [3.8, 4) is 0 Å². The van der Waals surface area contributed by atoms with Crippen LogP contribution < -0.4 is 5.73 Å². The second-order valence-corrected chi connectivity index (χ2v) is 4.65. The molecule has 0 aliphatic heterocycles. The van der Waals surface area contributed by atoms with E-state index < -0.39 is 0 Å². The number of benzene rings is 1. The number of nitrogen functional groups attached to an aromatic ring is 1. The van der Waals surface area contributed by atoms with Gasteiger partial charge in [-0.15, -0.1) is 0 Å². The Bertz CT molecular complexity index is 349. The first-order valence-corrected chi connectivity index (χ1v) is 6.28. The molecule has 0 heterocycles. The molecule has 1 rings (SSSR count). The molecule has 96 valence electrons. The number of methoxy groups -OCH3 is 1. The molecule has 5 heteroatoms. The Hall–Kier alpha value is -0.480. The van der Waals surface area contributed by atoms with Gasteiger partial charge in [-0.05, 0) is 24.2 Å². The molecule has 0 aliphatic carbocycles. The van der Waals surface area contributed by atoms with Crippen LogP contribution in [0.5, 0.6) is 0 Å². The summed E-state index contributed by atoms with van der Waals surface area (Å²) in [6, 6.07) is 3.72. The van der Waals surface area contributed by atoms with Crippen molar-refractivity contribution < 1.29 is 4.74 Å². The van der Waals surface area contributed by atoms with Gasteiger partial charge >= 0.3 is 0 Å². The molecule has 0 aliphatic rings. The minimum absolute atomic E-state index is 0.442. The van der Waals surface area contributed by atoms with Crippen LogP contribution in [0.15, 0.2) is 12.1 Å². The van der Waals surface area contributed by atoms with Gasteiger partial charge < -0.3 is 10.5 Å². The zero-order valence-corrected chi connectivity index (χ0v) is 11.7. The molecule has 0 radical (unpaired) electrons. The fraction of sp³-hybridized carbons (Fsp3) is 0.500. The van der Waals surface area contributed by atoms with Crippen LogP contribution in [0.3, 0.4) is 0 Å². The molecule has 1 aromatic carbocycles. The van der Waals surface area contributed by atoms with Crippen LogP contribution in [0, 0.1) is 0 Å². The molecule has 3 nitrogen and oxygen atoms in total. The maximum Gasteiger partial charge on any atom is 0.0693 e. The standard InChI is InChI=1S/C12H18Cl2N2O/c1-3-16(4-5-17-2)8-9-6-10(13)12(15)11(14)7-9/h6-7H,3-5,8,15H2,1-2H3. The summed E-state index contributed by atoms with van der Waals surface area (Å²) < 4.78 is 5.06. The van der Waals surface area contributed by atoms with E-state index in [0.29, 0.717) is 22.3 Å². The lowest BCUT2D eigenvalue weighted by Crippen LogP contribution is -2.26. The topological polar surface area (TPSA) is 38.5 Å². The van der Waals surface area contributed by atoms with Crippen LogP contribution in [0.2, 0.25) is 10.0 Å². The molecule has 0 saturated carbocycles. The molecule has 0 atom stereocenters. The van der Waals surface area contributed by atoms with Crippen LogP contribution in [0.25, 0.3) is 0 Å². The van der Waals surface area contributed by atoms with E-state index >= 15 is 0 Å². The number of anilines is 1. The van der Waals surface area contributed by atoms with Crippen molar-refractivity contribution in [1.29, 1.82) is 0 Å². The van der Waals surface area contributed by atoms with Crippen LogP contribution >= 0.6 is 23.2 Å². The summed E-state index contributed by atoms with van der Waals surface area (Å²) in [5, 5.41) is 1.02. The first kappa shape index (κ1) is 14.6. The minimum atomic E-state index is 0.442. The number of likely N-dealkylation sites (N-methyl/N-ethyl adjacent to an activating group) is 1. The average molecular weight is 277 g/mol. The number of nitrogens with two attached hydrogens (primary N) is 1. The van der Waals surface area contributed by atoms with Gasteiger partial charge in [0, 0.05) is 20.2 Å². The van der Waals surface area contributed by atoms with E-state index in [1.54, 1.807) is 7.11 Å². The highest BCUT2D eigenvalue weighted by Crippen LogP contribution is 2.29. The van der Waals surface area contributed by atoms with Gasteiger partial charge in [-0.2, -0.15) is 0 Å². The molecule has 17 heavy (non-hydrogen) atoms. The SMILES string of the molecule is CCN(CCOC)Cc1cc(Cl)c(N)c(Cl)c1. The van der Waals surface area contributed by atoms with Gasteiger partial charge in [0.1, 0.15) is 0 Å². The smallest absolute Gasteiger partial charge is 0.0693 e. The lowest BCUT2D eigenvalue weighted by Gasteiger charge is -2.20. The lowest BCUT2D eigenvalue weighted by molar-refractivity contribution is 0.147. The van der Waals surface area contributed by atoms with Crippen molar-refractivity contribution in [1.82, 2.24) is 4.90 Å². The second-order valence-electron chi connectivity index (χ2n) is 3.83. The normalized spacial score (nSPS) is 11.1. The van der Waals surface area contributed by atoms with Gasteiger partial charge in [0.15, 0.2) is 0 Å². The van der Waals surface area contributed by atoms with Gasteiger partial charge in [0.2, 0.25) is 0 Å². The summed E-state index contributed by atoms with van der Waals surface area (Å²) >= 11 is 12.0. The predicted molar refractivity (Wildman–Crippen MR) is 73.7 cm³/mol. The third kappa shape index (κ3) is 4.36. The molecule has 0 unspecified atom stereocenters. The Morgan fingerprint density at radius 3 is 2.35 bits per heavy atom. The van der Waals surface area contributed by atoms with E-state index in [9.17, 15) is 0 Å². The average Bonchev–Trinajstić information content (AvgIpc) is 2.31. The van der Waals surface area contributed by atoms with E-state index in [2.05, 4.69) is 11.8 Å². The zero-order chi connectivity index (χ0) is 12.8. The first-order valence-electron chi connectivity index (χ1n) is 5.53. The highest BCUT2D eigenvalue weighted by atomic mass is 35.5. The Balaban J connectivity index is 2.72. The lowest BCUT2D eigenvalue weighted by atomic mass is 10.2. The Morgan fingerprint density at radius 1 is 1.29 bits per heavy atom. The fourth-order valence-corrected chi connectivity index (χ4v) is 2.09. The number of hydrogen-bond donors (Lipinski definition) is 1. The molecule has 0 spiro atoms. The van der Waals surface area contributed by atoms with Gasteiger partial charge in [0.05, 0.1) is 22.3 Å². The van der Waals surface area contributed by atoms with Crippen LogP contribution in [0.1, 0.15) is 12.5 Å². The highest BCUT2D eigenvalue weighted by Gasteiger charge is 2.08. The zero-order valence-electron chi connectivity index (χ0n) is 10.2. The highest BCUT2D eigenvalue weighted by molar-refractivity contribution is 6.38. The molecule has 0 amide bonds. The fourth-order valence-electron chi connectivity index (χ4n) is 1.56. The summed E-state index contributed by atoms with van der Waals surface area (Å²) in [4.78, 5) is 2.25.